The molecule has 1 atom stereocenters. The molecule has 2 heterocycles. The Bertz CT molecular complexity index is 614. The van der Waals surface area contributed by atoms with Crippen LogP contribution in [0.15, 0.2) is 6.07 Å². The Labute approximate surface area is 130 Å². The summed E-state index contributed by atoms with van der Waals surface area (Å²) >= 11 is 11.8. The fourth-order valence-electron chi connectivity index (χ4n) is 2.22. The lowest BCUT2D eigenvalue weighted by molar-refractivity contribution is -0.142. The number of carboxylic acids is 1. The van der Waals surface area contributed by atoms with Crippen LogP contribution in [-0.2, 0) is 16.6 Å². The number of piperazine rings is 1. The van der Waals surface area contributed by atoms with Crippen LogP contribution in [0, 0.1) is 0 Å². The minimum Gasteiger partial charge on any atom is -0.481 e. The molecule has 0 radical (unpaired) electrons. The molecule has 114 valence electrons. The lowest BCUT2D eigenvalue weighted by Gasteiger charge is -2.34. The number of carbonyl (C=O) groups excluding carboxylic acids is 2. The summed E-state index contributed by atoms with van der Waals surface area (Å²) in [5, 5.41) is 11.9. The van der Waals surface area contributed by atoms with E-state index in [1.165, 1.54) is 15.5 Å². The van der Waals surface area contributed by atoms with Crippen LogP contribution in [0.3, 0.4) is 0 Å². The van der Waals surface area contributed by atoms with Crippen molar-refractivity contribution in [3.8, 4) is 0 Å². The maximum atomic E-state index is 12.5. The largest absolute Gasteiger partial charge is 0.481 e. The van der Waals surface area contributed by atoms with Gasteiger partial charge in [-0.3, -0.25) is 14.4 Å². The average Bonchev–Trinajstić information content (AvgIpc) is 2.67. The van der Waals surface area contributed by atoms with Gasteiger partial charge in [-0.25, -0.2) is 0 Å². The summed E-state index contributed by atoms with van der Waals surface area (Å²) in [6.07, 6.45) is -0.455. The van der Waals surface area contributed by atoms with Gasteiger partial charge in [-0.15, -0.1) is 0 Å². The number of rotatable bonds is 3. The number of nitrogens with zero attached hydrogens (tertiary/aromatic N) is 2. The minimum atomic E-state index is -1.15. The summed E-state index contributed by atoms with van der Waals surface area (Å²) in [5.74, 6) is -2.12. The maximum Gasteiger partial charge on any atom is 0.305 e. The van der Waals surface area contributed by atoms with Crippen molar-refractivity contribution in [1.29, 1.82) is 0 Å². The van der Waals surface area contributed by atoms with E-state index in [1.807, 2.05) is 0 Å². The highest BCUT2D eigenvalue weighted by atomic mass is 35.5. The molecule has 7 nitrogen and oxygen atoms in total. The van der Waals surface area contributed by atoms with E-state index in [2.05, 4.69) is 5.32 Å². The van der Waals surface area contributed by atoms with Crippen molar-refractivity contribution < 1.29 is 19.5 Å². The van der Waals surface area contributed by atoms with E-state index >= 15 is 0 Å². The number of hydrogen-bond donors (Lipinski definition) is 2. The summed E-state index contributed by atoms with van der Waals surface area (Å²) in [4.78, 5) is 36.5. The number of carbonyl (C=O) groups is 3. The first-order valence-electron chi connectivity index (χ1n) is 6.14. The number of carboxylic acid groups (broad SMARTS) is 1. The van der Waals surface area contributed by atoms with Crippen LogP contribution in [0.25, 0.3) is 0 Å². The lowest BCUT2D eigenvalue weighted by atomic mass is 10.1. The average molecular weight is 334 g/mol. The molecule has 1 saturated heterocycles. The van der Waals surface area contributed by atoms with E-state index in [1.54, 1.807) is 7.05 Å². The fraction of sp³-hybridized carbons (Fsp3) is 0.417. The molecule has 0 aliphatic carbocycles. The molecule has 1 aromatic heterocycles. The zero-order valence-corrected chi connectivity index (χ0v) is 12.6. The second kappa shape index (κ2) is 5.95. The fourth-order valence-corrected chi connectivity index (χ4v) is 2.60. The van der Waals surface area contributed by atoms with Gasteiger partial charge in [0.1, 0.15) is 16.9 Å². The van der Waals surface area contributed by atoms with Gasteiger partial charge in [-0.05, 0) is 6.07 Å². The summed E-state index contributed by atoms with van der Waals surface area (Å²) in [6, 6.07) is 0.354. The molecule has 1 aliphatic heterocycles. The van der Waals surface area contributed by atoms with Crippen molar-refractivity contribution in [2.45, 2.75) is 12.5 Å². The normalized spacial score (nSPS) is 18.5. The standard InChI is InChI=1S/C12H13Cl2N3O4/c1-16-8(4-6(13)10(16)14)12(21)17-3-2-15-11(20)7(17)5-9(18)19/h4,7H,2-3,5H2,1H3,(H,15,20)(H,18,19). The summed E-state index contributed by atoms with van der Waals surface area (Å²) < 4.78 is 1.40. The number of aliphatic carboxylic acids is 1. The molecule has 2 amide bonds. The lowest BCUT2D eigenvalue weighted by Crippen LogP contribution is -2.58. The molecule has 9 heteroatoms. The molecule has 1 unspecified atom stereocenters. The van der Waals surface area contributed by atoms with Gasteiger partial charge in [0.15, 0.2) is 0 Å². The van der Waals surface area contributed by atoms with Gasteiger partial charge in [0.2, 0.25) is 5.91 Å². The van der Waals surface area contributed by atoms with Gasteiger partial charge in [0, 0.05) is 20.1 Å². The Morgan fingerprint density at radius 3 is 2.67 bits per heavy atom. The zero-order valence-electron chi connectivity index (χ0n) is 11.1. The molecule has 1 fully saturated rings. The van der Waals surface area contributed by atoms with E-state index in [9.17, 15) is 14.4 Å². The summed E-state index contributed by atoms with van der Waals surface area (Å²) in [6.45, 7) is 0.496. The minimum absolute atomic E-state index is 0.204. The molecule has 21 heavy (non-hydrogen) atoms. The van der Waals surface area contributed by atoms with Crippen LogP contribution in [-0.4, -0.2) is 51.5 Å². The topological polar surface area (TPSA) is 91.6 Å². The molecule has 1 aromatic rings. The highest BCUT2D eigenvalue weighted by molar-refractivity contribution is 6.41. The molecule has 0 aromatic carbocycles. The van der Waals surface area contributed by atoms with E-state index in [0.29, 0.717) is 0 Å². The highest BCUT2D eigenvalue weighted by Crippen LogP contribution is 2.26. The van der Waals surface area contributed by atoms with Gasteiger partial charge in [0.05, 0.1) is 11.4 Å². The first-order valence-corrected chi connectivity index (χ1v) is 6.89. The summed E-state index contributed by atoms with van der Waals surface area (Å²) in [7, 11) is 1.57. The van der Waals surface area contributed by atoms with Gasteiger partial charge < -0.3 is 19.9 Å². The first-order chi connectivity index (χ1) is 9.82. The molecular weight excluding hydrogens is 321 g/mol. The van der Waals surface area contributed by atoms with Gasteiger partial charge in [-0.2, -0.15) is 0 Å². The Hall–Kier alpha value is -1.73. The monoisotopic (exact) mass is 333 g/mol. The van der Waals surface area contributed by atoms with Crippen LogP contribution in [0.4, 0.5) is 0 Å². The second-order valence-electron chi connectivity index (χ2n) is 4.63. The number of nitrogens with one attached hydrogen (secondary N) is 1. The van der Waals surface area contributed by atoms with E-state index in [0.717, 1.165) is 0 Å². The molecule has 1 aliphatic rings. The third-order valence-corrected chi connectivity index (χ3v) is 4.14. The molecule has 2 rings (SSSR count). The van der Waals surface area contributed by atoms with Gasteiger partial charge >= 0.3 is 5.97 Å². The second-order valence-corrected chi connectivity index (χ2v) is 5.40. The maximum absolute atomic E-state index is 12.5. The molecule has 2 N–H and O–H groups in total. The zero-order chi connectivity index (χ0) is 15.7. The first kappa shape index (κ1) is 15.7. The van der Waals surface area contributed by atoms with Crippen LogP contribution in [0.2, 0.25) is 10.2 Å². The van der Waals surface area contributed by atoms with Crippen molar-refractivity contribution in [2.75, 3.05) is 13.1 Å². The van der Waals surface area contributed by atoms with Crippen LogP contribution in [0.1, 0.15) is 16.9 Å². The smallest absolute Gasteiger partial charge is 0.305 e. The Morgan fingerprint density at radius 1 is 1.48 bits per heavy atom. The Morgan fingerprint density at radius 2 is 2.14 bits per heavy atom. The SMILES string of the molecule is Cn1c(C(=O)N2CCNC(=O)C2CC(=O)O)cc(Cl)c1Cl. The van der Waals surface area contributed by atoms with Crippen molar-refractivity contribution >= 4 is 41.0 Å². The van der Waals surface area contributed by atoms with Gasteiger partial charge in [0.25, 0.3) is 5.91 Å². The van der Waals surface area contributed by atoms with Crippen molar-refractivity contribution in [1.82, 2.24) is 14.8 Å². The number of amides is 2. The van der Waals surface area contributed by atoms with Crippen LogP contribution < -0.4 is 5.32 Å². The molecule has 0 spiro atoms. The van der Waals surface area contributed by atoms with E-state index in [4.69, 9.17) is 28.3 Å². The number of halogens is 2. The molecule has 0 saturated carbocycles. The third kappa shape index (κ3) is 2.98. The Balaban J connectivity index is 2.32. The quantitative estimate of drug-likeness (QED) is 0.853. The van der Waals surface area contributed by atoms with Crippen molar-refractivity contribution in [3.05, 3.63) is 21.9 Å². The van der Waals surface area contributed by atoms with E-state index < -0.39 is 30.2 Å². The van der Waals surface area contributed by atoms with Crippen molar-refractivity contribution in [2.24, 2.45) is 7.05 Å². The predicted octanol–water partition coefficient (Wildman–Crippen LogP) is 0.747. The molecule has 0 bridgehead atoms. The van der Waals surface area contributed by atoms with Crippen LogP contribution in [0.5, 0.6) is 0 Å². The predicted molar refractivity (Wildman–Crippen MR) is 75.5 cm³/mol. The third-order valence-electron chi connectivity index (χ3n) is 3.30. The Kier molecular flexibility index (Phi) is 4.43. The van der Waals surface area contributed by atoms with E-state index in [-0.39, 0.29) is 29.0 Å². The van der Waals surface area contributed by atoms with Crippen molar-refractivity contribution in [3.63, 3.8) is 0 Å². The number of aromatic nitrogens is 1. The molecular formula is C12H13Cl2N3O4. The highest BCUT2D eigenvalue weighted by Gasteiger charge is 2.36. The summed E-state index contributed by atoms with van der Waals surface area (Å²) in [5.41, 5.74) is 0.204. The van der Waals surface area contributed by atoms with Gasteiger partial charge in [-0.1, -0.05) is 23.2 Å². The van der Waals surface area contributed by atoms with Crippen LogP contribution >= 0.6 is 23.2 Å². The number of hydrogen-bond acceptors (Lipinski definition) is 3.